The molecule has 1 heterocycles. The summed E-state index contributed by atoms with van der Waals surface area (Å²) < 4.78 is 1.09. The van der Waals surface area contributed by atoms with Gasteiger partial charge in [-0.3, -0.25) is 0 Å². The maximum Gasteiger partial charge on any atom is 0.147 e. The van der Waals surface area contributed by atoms with Crippen LogP contribution in [0.15, 0.2) is 22.7 Å². The van der Waals surface area contributed by atoms with E-state index in [2.05, 4.69) is 51.3 Å². The Morgan fingerprint density at radius 2 is 2.18 bits per heavy atom. The summed E-state index contributed by atoms with van der Waals surface area (Å²) in [6, 6.07) is 6.19. The third kappa shape index (κ3) is 2.73. The van der Waals surface area contributed by atoms with Crippen molar-refractivity contribution in [2.24, 2.45) is 5.73 Å². The lowest BCUT2D eigenvalue weighted by molar-refractivity contribution is 0.683. The first-order valence-corrected chi connectivity index (χ1v) is 7.08. The van der Waals surface area contributed by atoms with E-state index in [-0.39, 0.29) is 6.04 Å². The number of nitrogens with two attached hydrogens (primary N) is 1. The van der Waals surface area contributed by atoms with Crippen LogP contribution in [0, 0.1) is 6.92 Å². The van der Waals surface area contributed by atoms with Crippen LogP contribution in [0.2, 0.25) is 0 Å². The predicted octanol–water partition coefficient (Wildman–Crippen LogP) is 3.69. The average molecular weight is 312 g/mol. The van der Waals surface area contributed by atoms with E-state index >= 15 is 0 Å². The number of halogens is 1. The number of hydrogen-bond donors (Lipinski definition) is 1. The Kier molecular flexibility index (Phi) is 3.91. The maximum absolute atomic E-state index is 5.94. The minimum absolute atomic E-state index is 0.00450. The smallest absolute Gasteiger partial charge is 0.147 e. The molecule has 0 aliphatic heterocycles. The highest BCUT2D eigenvalue weighted by Gasteiger charge is 2.12. The lowest BCUT2D eigenvalue weighted by atomic mass is 10.2. The van der Waals surface area contributed by atoms with Gasteiger partial charge in [0.15, 0.2) is 0 Å². The van der Waals surface area contributed by atoms with E-state index < -0.39 is 0 Å². The van der Waals surface area contributed by atoms with Crippen LogP contribution in [0.4, 0.5) is 0 Å². The summed E-state index contributed by atoms with van der Waals surface area (Å²) in [5.41, 5.74) is 8.23. The number of rotatable bonds is 3. The van der Waals surface area contributed by atoms with Crippen molar-refractivity contribution in [3.63, 3.8) is 0 Å². The molecule has 90 valence electrons. The number of hydrogen-bond acceptors (Lipinski definition) is 4. The van der Waals surface area contributed by atoms with Crippen molar-refractivity contribution >= 4 is 27.3 Å². The summed E-state index contributed by atoms with van der Waals surface area (Å²) in [6.07, 6.45) is 0.881. The molecule has 0 spiro atoms. The van der Waals surface area contributed by atoms with Gasteiger partial charge >= 0.3 is 0 Å². The molecule has 2 aromatic rings. The molecule has 0 aliphatic carbocycles. The van der Waals surface area contributed by atoms with Crippen molar-refractivity contribution in [3.8, 4) is 10.6 Å². The summed E-state index contributed by atoms with van der Waals surface area (Å²) >= 11 is 5.09. The molecule has 1 aromatic heterocycles. The molecule has 17 heavy (non-hydrogen) atoms. The summed E-state index contributed by atoms with van der Waals surface area (Å²) in [6.45, 7) is 4.11. The number of aromatic nitrogens is 2. The molecule has 2 N–H and O–H groups in total. The van der Waals surface area contributed by atoms with Gasteiger partial charge in [-0.15, -0.1) is 10.2 Å². The molecule has 0 bridgehead atoms. The molecule has 1 aromatic carbocycles. The number of nitrogens with zero attached hydrogens (tertiary/aromatic N) is 2. The second kappa shape index (κ2) is 5.25. The van der Waals surface area contributed by atoms with Crippen LogP contribution >= 0.6 is 27.3 Å². The van der Waals surface area contributed by atoms with E-state index in [9.17, 15) is 0 Å². The van der Waals surface area contributed by atoms with Crippen LogP contribution in [0.3, 0.4) is 0 Å². The SMILES string of the molecule is CCC(N)c1nnc(-c2ccc(C)c(Br)c2)s1. The second-order valence-electron chi connectivity index (χ2n) is 3.92. The summed E-state index contributed by atoms with van der Waals surface area (Å²) in [5, 5.41) is 10.2. The molecule has 0 radical (unpaired) electrons. The van der Waals surface area contributed by atoms with Gasteiger partial charge in [0.1, 0.15) is 10.0 Å². The fourth-order valence-corrected chi connectivity index (χ4v) is 2.70. The Hall–Kier alpha value is -0.780. The molecule has 2 rings (SSSR count). The summed E-state index contributed by atoms with van der Waals surface area (Å²) in [7, 11) is 0. The Bertz CT molecular complexity index is 524. The predicted molar refractivity (Wildman–Crippen MR) is 75.0 cm³/mol. The van der Waals surface area contributed by atoms with Crippen molar-refractivity contribution in [1.29, 1.82) is 0 Å². The molecule has 0 saturated heterocycles. The first-order valence-electron chi connectivity index (χ1n) is 5.47. The van der Waals surface area contributed by atoms with Gasteiger partial charge in [-0.2, -0.15) is 0 Å². The fraction of sp³-hybridized carbons (Fsp3) is 0.333. The van der Waals surface area contributed by atoms with Crippen molar-refractivity contribution in [2.75, 3.05) is 0 Å². The molecule has 1 unspecified atom stereocenters. The number of aryl methyl sites for hydroxylation is 1. The lowest BCUT2D eigenvalue weighted by Crippen LogP contribution is -2.07. The van der Waals surface area contributed by atoms with Gasteiger partial charge in [0.05, 0.1) is 6.04 Å². The molecular formula is C12H14BrN3S. The van der Waals surface area contributed by atoms with E-state index in [1.807, 2.05) is 6.92 Å². The molecule has 1 atom stereocenters. The Morgan fingerprint density at radius 3 is 2.82 bits per heavy atom. The molecule has 5 heteroatoms. The van der Waals surface area contributed by atoms with E-state index in [0.717, 1.165) is 26.5 Å². The number of benzene rings is 1. The topological polar surface area (TPSA) is 51.8 Å². The van der Waals surface area contributed by atoms with E-state index in [0.29, 0.717) is 0 Å². The van der Waals surface area contributed by atoms with Crippen LogP contribution in [0.5, 0.6) is 0 Å². The zero-order valence-electron chi connectivity index (χ0n) is 9.77. The van der Waals surface area contributed by atoms with Crippen molar-refractivity contribution < 1.29 is 0 Å². The maximum atomic E-state index is 5.94. The largest absolute Gasteiger partial charge is 0.322 e. The van der Waals surface area contributed by atoms with Gasteiger partial charge in [-0.1, -0.05) is 46.3 Å². The zero-order chi connectivity index (χ0) is 12.4. The van der Waals surface area contributed by atoms with Gasteiger partial charge < -0.3 is 5.73 Å². The van der Waals surface area contributed by atoms with Crippen molar-refractivity contribution in [3.05, 3.63) is 33.2 Å². The second-order valence-corrected chi connectivity index (χ2v) is 5.79. The third-order valence-corrected chi connectivity index (χ3v) is 4.58. The van der Waals surface area contributed by atoms with E-state index in [1.165, 1.54) is 5.56 Å². The van der Waals surface area contributed by atoms with Gasteiger partial charge in [-0.25, -0.2) is 0 Å². The Morgan fingerprint density at radius 1 is 1.41 bits per heavy atom. The molecule has 0 fully saturated rings. The van der Waals surface area contributed by atoms with Crippen LogP contribution < -0.4 is 5.73 Å². The third-order valence-electron chi connectivity index (χ3n) is 2.62. The Labute approximate surface area is 113 Å². The monoisotopic (exact) mass is 311 g/mol. The quantitative estimate of drug-likeness (QED) is 0.940. The first-order chi connectivity index (χ1) is 8.11. The minimum atomic E-state index is -0.00450. The van der Waals surface area contributed by atoms with Gasteiger partial charge in [0.25, 0.3) is 0 Å². The summed E-state index contributed by atoms with van der Waals surface area (Å²) in [4.78, 5) is 0. The van der Waals surface area contributed by atoms with Gasteiger partial charge in [-0.05, 0) is 25.0 Å². The van der Waals surface area contributed by atoms with Crippen LogP contribution in [0.1, 0.15) is 30.0 Å². The van der Waals surface area contributed by atoms with Gasteiger partial charge in [0.2, 0.25) is 0 Å². The van der Waals surface area contributed by atoms with Crippen LogP contribution in [-0.4, -0.2) is 10.2 Å². The van der Waals surface area contributed by atoms with Crippen molar-refractivity contribution in [2.45, 2.75) is 26.3 Å². The standard InChI is InChI=1S/C12H14BrN3S/c1-3-10(14)12-16-15-11(17-12)8-5-4-7(2)9(13)6-8/h4-6,10H,3,14H2,1-2H3. The van der Waals surface area contributed by atoms with Crippen molar-refractivity contribution in [1.82, 2.24) is 10.2 Å². The lowest BCUT2D eigenvalue weighted by Gasteiger charge is -2.01. The fourth-order valence-electron chi connectivity index (χ4n) is 1.40. The van der Waals surface area contributed by atoms with Gasteiger partial charge in [0, 0.05) is 10.0 Å². The highest BCUT2D eigenvalue weighted by molar-refractivity contribution is 9.10. The summed E-state index contributed by atoms with van der Waals surface area (Å²) in [5.74, 6) is 0. The molecule has 0 aliphatic rings. The molecule has 0 amide bonds. The van der Waals surface area contributed by atoms with Crippen LogP contribution in [0.25, 0.3) is 10.6 Å². The Balaban J connectivity index is 2.33. The van der Waals surface area contributed by atoms with E-state index in [4.69, 9.17) is 5.73 Å². The first kappa shape index (κ1) is 12.7. The minimum Gasteiger partial charge on any atom is -0.322 e. The van der Waals surface area contributed by atoms with Crippen LogP contribution in [-0.2, 0) is 0 Å². The highest BCUT2D eigenvalue weighted by atomic mass is 79.9. The molecule has 3 nitrogen and oxygen atoms in total. The average Bonchev–Trinajstić information content (AvgIpc) is 2.81. The molecule has 0 saturated carbocycles. The van der Waals surface area contributed by atoms with E-state index in [1.54, 1.807) is 11.3 Å². The normalized spacial score (nSPS) is 12.7. The zero-order valence-corrected chi connectivity index (χ0v) is 12.2. The molecular weight excluding hydrogens is 298 g/mol. The highest BCUT2D eigenvalue weighted by Crippen LogP contribution is 2.29.